The predicted octanol–water partition coefficient (Wildman–Crippen LogP) is 3.61. The Balaban J connectivity index is 1.60. The van der Waals surface area contributed by atoms with E-state index in [-0.39, 0.29) is 6.03 Å². The largest absolute Gasteiger partial charge is 0.489 e. The SMILES string of the molecule is Cc1ncc(CN(C)C(=O)NCc2cc(Cl)c3c(c2)OCCCO3)s1. The van der Waals surface area contributed by atoms with E-state index < -0.39 is 0 Å². The van der Waals surface area contributed by atoms with Crippen molar-refractivity contribution < 1.29 is 14.3 Å². The molecule has 0 bridgehead atoms. The molecular weight excluding hydrogens is 362 g/mol. The molecule has 1 aromatic heterocycles. The van der Waals surface area contributed by atoms with Crippen molar-refractivity contribution in [1.82, 2.24) is 15.2 Å². The van der Waals surface area contributed by atoms with Gasteiger partial charge in [-0.15, -0.1) is 11.3 Å². The first-order chi connectivity index (χ1) is 12.0. The fraction of sp³-hybridized carbons (Fsp3) is 0.412. The molecule has 134 valence electrons. The molecule has 8 heteroatoms. The highest BCUT2D eigenvalue weighted by Gasteiger charge is 2.16. The van der Waals surface area contributed by atoms with E-state index in [9.17, 15) is 4.79 Å². The first-order valence-electron chi connectivity index (χ1n) is 8.01. The van der Waals surface area contributed by atoms with Crippen molar-refractivity contribution in [1.29, 1.82) is 0 Å². The summed E-state index contributed by atoms with van der Waals surface area (Å²) in [6.07, 6.45) is 2.62. The van der Waals surface area contributed by atoms with Crippen LogP contribution in [0, 0.1) is 6.92 Å². The molecule has 25 heavy (non-hydrogen) atoms. The minimum absolute atomic E-state index is 0.158. The molecule has 0 fully saturated rings. The smallest absolute Gasteiger partial charge is 0.317 e. The number of carbonyl (C=O) groups is 1. The van der Waals surface area contributed by atoms with Crippen LogP contribution in [0.5, 0.6) is 11.5 Å². The zero-order valence-corrected chi connectivity index (χ0v) is 15.7. The van der Waals surface area contributed by atoms with Crippen molar-refractivity contribution in [2.45, 2.75) is 26.4 Å². The van der Waals surface area contributed by atoms with Crippen molar-refractivity contribution >= 4 is 29.0 Å². The van der Waals surface area contributed by atoms with E-state index in [0.717, 1.165) is 21.9 Å². The van der Waals surface area contributed by atoms with Crippen LogP contribution in [0.3, 0.4) is 0 Å². The monoisotopic (exact) mass is 381 g/mol. The third kappa shape index (κ3) is 4.55. The number of thiazole rings is 1. The van der Waals surface area contributed by atoms with Crippen molar-refractivity contribution in [3.8, 4) is 11.5 Å². The number of nitrogens with zero attached hydrogens (tertiary/aromatic N) is 2. The van der Waals surface area contributed by atoms with Crippen LogP contribution < -0.4 is 14.8 Å². The molecule has 2 heterocycles. The normalized spacial score (nSPS) is 13.2. The molecule has 1 N–H and O–H groups in total. The Morgan fingerprint density at radius 3 is 2.96 bits per heavy atom. The lowest BCUT2D eigenvalue weighted by atomic mass is 10.2. The summed E-state index contributed by atoms with van der Waals surface area (Å²) >= 11 is 7.86. The predicted molar refractivity (Wildman–Crippen MR) is 97.6 cm³/mol. The summed E-state index contributed by atoms with van der Waals surface area (Å²) < 4.78 is 11.3. The van der Waals surface area contributed by atoms with Gasteiger partial charge in [-0.05, 0) is 24.6 Å². The zero-order valence-electron chi connectivity index (χ0n) is 14.2. The maximum absolute atomic E-state index is 12.3. The van der Waals surface area contributed by atoms with Crippen LogP contribution in [0.4, 0.5) is 4.79 Å². The molecule has 0 unspecified atom stereocenters. The molecule has 1 aliphatic heterocycles. The van der Waals surface area contributed by atoms with Crippen LogP contribution >= 0.6 is 22.9 Å². The van der Waals surface area contributed by atoms with Gasteiger partial charge >= 0.3 is 6.03 Å². The average Bonchev–Trinajstić information content (AvgIpc) is 2.84. The number of amides is 2. The highest BCUT2D eigenvalue weighted by atomic mass is 35.5. The van der Waals surface area contributed by atoms with Crippen molar-refractivity contribution in [3.63, 3.8) is 0 Å². The summed E-state index contributed by atoms with van der Waals surface area (Å²) in [6, 6.07) is 3.50. The summed E-state index contributed by atoms with van der Waals surface area (Å²) in [5.41, 5.74) is 0.865. The number of nitrogens with one attached hydrogen (secondary N) is 1. The Morgan fingerprint density at radius 2 is 2.20 bits per heavy atom. The van der Waals surface area contributed by atoms with Gasteiger partial charge < -0.3 is 19.7 Å². The minimum Gasteiger partial charge on any atom is -0.489 e. The Kier molecular flexibility index (Phi) is 5.65. The molecule has 0 saturated carbocycles. The number of urea groups is 1. The molecule has 0 saturated heterocycles. The van der Waals surface area contributed by atoms with Crippen LogP contribution in [-0.2, 0) is 13.1 Å². The van der Waals surface area contributed by atoms with Crippen molar-refractivity contribution in [2.24, 2.45) is 0 Å². The number of carbonyl (C=O) groups excluding carboxylic acids is 1. The first kappa shape index (κ1) is 17.8. The summed E-state index contributed by atoms with van der Waals surface area (Å²) in [6.45, 7) is 4.02. The van der Waals surface area contributed by atoms with E-state index in [0.29, 0.717) is 42.8 Å². The van der Waals surface area contributed by atoms with Crippen LogP contribution in [0.2, 0.25) is 5.02 Å². The van der Waals surface area contributed by atoms with E-state index in [2.05, 4.69) is 10.3 Å². The van der Waals surface area contributed by atoms with Gasteiger partial charge in [0, 0.05) is 31.1 Å². The molecular formula is C17H20ClN3O3S. The molecule has 2 amide bonds. The number of benzene rings is 1. The summed E-state index contributed by atoms with van der Waals surface area (Å²) in [7, 11) is 1.76. The molecule has 0 spiro atoms. The number of aromatic nitrogens is 1. The third-order valence-corrected chi connectivity index (χ3v) is 4.89. The van der Waals surface area contributed by atoms with Gasteiger partial charge in [-0.3, -0.25) is 0 Å². The number of hydrogen-bond donors (Lipinski definition) is 1. The standard InChI is InChI=1S/C17H20ClN3O3S/c1-11-19-9-13(25-11)10-21(2)17(22)20-8-12-6-14(18)16-15(7-12)23-4-3-5-24-16/h6-7,9H,3-5,8,10H2,1-2H3,(H,20,22). The Hall–Kier alpha value is -1.99. The van der Waals surface area contributed by atoms with Gasteiger partial charge in [-0.25, -0.2) is 9.78 Å². The van der Waals surface area contributed by atoms with Crippen LogP contribution in [0.1, 0.15) is 21.9 Å². The Morgan fingerprint density at radius 1 is 1.40 bits per heavy atom. The Bertz CT molecular complexity index is 766. The maximum Gasteiger partial charge on any atom is 0.317 e. The molecule has 0 atom stereocenters. The Labute approximate surface area is 155 Å². The number of halogens is 1. The van der Waals surface area contributed by atoms with Crippen molar-refractivity contribution in [3.05, 3.63) is 38.8 Å². The number of aryl methyl sites for hydroxylation is 1. The molecule has 6 nitrogen and oxygen atoms in total. The third-order valence-electron chi connectivity index (χ3n) is 3.71. The number of hydrogen-bond acceptors (Lipinski definition) is 5. The van der Waals surface area contributed by atoms with E-state index in [4.69, 9.17) is 21.1 Å². The first-order valence-corrected chi connectivity index (χ1v) is 9.20. The second-order valence-corrected chi connectivity index (χ2v) is 7.54. The summed E-state index contributed by atoms with van der Waals surface area (Å²) in [5, 5.41) is 4.38. The summed E-state index contributed by atoms with van der Waals surface area (Å²) in [4.78, 5) is 19.1. The fourth-order valence-electron chi connectivity index (χ4n) is 2.48. The van der Waals surface area contributed by atoms with E-state index >= 15 is 0 Å². The number of fused-ring (bicyclic) bond motifs is 1. The topological polar surface area (TPSA) is 63.7 Å². The van der Waals surface area contributed by atoms with Crippen LogP contribution in [0.15, 0.2) is 18.3 Å². The highest BCUT2D eigenvalue weighted by Crippen LogP contribution is 2.37. The van der Waals surface area contributed by atoms with Gasteiger partial charge in [0.25, 0.3) is 0 Å². The molecule has 0 aliphatic carbocycles. The lowest BCUT2D eigenvalue weighted by Gasteiger charge is -2.17. The second-order valence-electron chi connectivity index (χ2n) is 5.82. The second kappa shape index (κ2) is 7.93. The van der Waals surface area contributed by atoms with Crippen LogP contribution in [-0.4, -0.2) is 36.2 Å². The van der Waals surface area contributed by atoms with Gasteiger partial charge in [0.15, 0.2) is 11.5 Å². The summed E-state index contributed by atoms with van der Waals surface area (Å²) in [5.74, 6) is 1.20. The van der Waals surface area contributed by atoms with E-state index in [1.54, 1.807) is 35.5 Å². The van der Waals surface area contributed by atoms with Gasteiger partial charge in [-0.2, -0.15) is 0 Å². The van der Waals surface area contributed by atoms with E-state index in [1.807, 2.05) is 13.0 Å². The molecule has 2 aromatic rings. The van der Waals surface area contributed by atoms with Gasteiger partial charge in [0.1, 0.15) is 0 Å². The molecule has 1 aliphatic rings. The minimum atomic E-state index is -0.158. The van der Waals surface area contributed by atoms with Gasteiger partial charge in [0.05, 0.1) is 29.8 Å². The zero-order chi connectivity index (χ0) is 17.8. The molecule has 1 aromatic carbocycles. The fourth-order valence-corrected chi connectivity index (χ4v) is 3.62. The van der Waals surface area contributed by atoms with E-state index in [1.165, 1.54) is 0 Å². The van der Waals surface area contributed by atoms with Gasteiger partial charge in [-0.1, -0.05) is 11.6 Å². The quantitative estimate of drug-likeness (QED) is 0.878. The number of ether oxygens (including phenoxy) is 2. The molecule has 3 rings (SSSR count). The molecule has 0 radical (unpaired) electrons. The van der Waals surface area contributed by atoms with Gasteiger partial charge in [0.2, 0.25) is 0 Å². The lowest BCUT2D eigenvalue weighted by Crippen LogP contribution is -2.36. The lowest BCUT2D eigenvalue weighted by molar-refractivity contribution is 0.207. The van der Waals surface area contributed by atoms with Crippen LogP contribution in [0.25, 0.3) is 0 Å². The highest BCUT2D eigenvalue weighted by molar-refractivity contribution is 7.11. The average molecular weight is 382 g/mol. The number of rotatable bonds is 4. The maximum atomic E-state index is 12.3. The van der Waals surface area contributed by atoms with Crippen molar-refractivity contribution in [2.75, 3.05) is 20.3 Å².